The molecule has 26 heavy (non-hydrogen) atoms. The Labute approximate surface area is 158 Å². The highest BCUT2D eigenvalue weighted by molar-refractivity contribution is 7.17. The quantitative estimate of drug-likeness (QED) is 0.780. The minimum absolute atomic E-state index is 0.110. The van der Waals surface area contributed by atoms with E-state index < -0.39 is 0 Å². The first-order valence-corrected chi connectivity index (χ1v) is 9.95. The second kappa shape index (κ2) is 8.04. The predicted molar refractivity (Wildman–Crippen MR) is 105 cm³/mol. The molecular formula is C21H25NO3S. The molecule has 1 atom stereocenters. The Morgan fingerprint density at radius 2 is 2.00 bits per heavy atom. The van der Waals surface area contributed by atoms with E-state index in [1.54, 1.807) is 0 Å². The molecule has 0 saturated heterocycles. The van der Waals surface area contributed by atoms with Gasteiger partial charge in [-0.3, -0.25) is 4.79 Å². The normalized spacial score (nSPS) is 16.2. The molecule has 5 heteroatoms. The Balaban J connectivity index is 1.85. The number of hydrogen-bond donors (Lipinski definition) is 1. The van der Waals surface area contributed by atoms with Crippen molar-refractivity contribution in [2.45, 2.75) is 52.6 Å². The molecule has 0 fully saturated rings. The predicted octanol–water partition coefficient (Wildman–Crippen LogP) is 4.62. The maximum atomic E-state index is 12.7. The van der Waals surface area contributed by atoms with Crippen LogP contribution in [0.1, 0.15) is 53.6 Å². The number of amides is 1. The van der Waals surface area contributed by atoms with Gasteiger partial charge in [-0.15, -0.1) is 11.3 Å². The van der Waals surface area contributed by atoms with E-state index in [9.17, 15) is 9.59 Å². The van der Waals surface area contributed by atoms with E-state index in [2.05, 4.69) is 12.2 Å². The molecule has 1 aromatic heterocycles. The standard InChI is InChI=1S/C21H25NO3S/c1-13(2)25-21(24)19-16-10-9-14(3)11-17(16)26-20(19)22-18(23)12-15-7-5-4-6-8-15/h4-8,13-14H,9-12H2,1-3H3,(H,22,23). The van der Waals surface area contributed by atoms with Gasteiger partial charge < -0.3 is 10.1 Å². The fourth-order valence-electron chi connectivity index (χ4n) is 3.28. The molecule has 0 saturated carbocycles. The summed E-state index contributed by atoms with van der Waals surface area (Å²) in [5, 5.41) is 3.60. The maximum Gasteiger partial charge on any atom is 0.341 e. The highest BCUT2D eigenvalue weighted by Gasteiger charge is 2.29. The van der Waals surface area contributed by atoms with Crippen LogP contribution in [0.15, 0.2) is 30.3 Å². The minimum atomic E-state index is -0.331. The fraction of sp³-hybridized carbons (Fsp3) is 0.429. The summed E-state index contributed by atoms with van der Waals surface area (Å²) in [7, 11) is 0. The van der Waals surface area contributed by atoms with E-state index in [0.29, 0.717) is 22.9 Å². The van der Waals surface area contributed by atoms with Gasteiger partial charge in [-0.1, -0.05) is 37.3 Å². The SMILES string of the molecule is CC1CCc2c(sc(NC(=O)Cc3ccccc3)c2C(=O)OC(C)C)C1. The molecule has 1 amide bonds. The van der Waals surface area contributed by atoms with Crippen molar-refractivity contribution in [1.29, 1.82) is 0 Å². The van der Waals surface area contributed by atoms with Gasteiger partial charge in [-0.2, -0.15) is 0 Å². The van der Waals surface area contributed by atoms with E-state index in [1.807, 2.05) is 44.2 Å². The van der Waals surface area contributed by atoms with Crippen LogP contribution in [0.4, 0.5) is 5.00 Å². The van der Waals surface area contributed by atoms with Gasteiger partial charge in [-0.25, -0.2) is 4.79 Å². The van der Waals surface area contributed by atoms with Gasteiger partial charge >= 0.3 is 5.97 Å². The molecule has 0 radical (unpaired) electrons. The molecule has 1 heterocycles. The average Bonchev–Trinajstić information content (AvgIpc) is 2.91. The van der Waals surface area contributed by atoms with Crippen molar-refractivity contribution in [3.8, 4) is 0 Å². The Morgan fingerprint density at radius 1 is 1.27 bits per heavy atom. The maximum absolute atomic E-state index is 12.7. The van der Waals surface area contributed by atoms with Gasteiger partial charge in [-0.05, 0) is 50.2 Å². The first-order chi connectivity index (χ1) is 12.4. The molecule has 4 nitrogen and oxygen atoms in total. The molecule has 1 N–H and O–H groups in total. The number of nitrogens with one attached hydrogen (secondary N) is 1. The largest absolute Gasteiger partial charge is 0.459 e. The topological polar surface area (TPSA) is 55.4 Å². The van der Waals surface area contributed by atoms with Crippen LogP contribution in [0, 0.1) is 5.92 Å². The Kier molecular flexibility index (Phi) is 5.77. The third-order valence-corrected chi connectivity index (χ3v) is 5.69. The van der Waals surface area contributed by atoms with Crippen molar-refractivity contribution in [1.82, 2.24) is 0 Å². The van der Waals surface area contributed by atoms with E-state index in [0.717, 1.165) is 30.4 Å². The first kappa shape index (κ1) is 18.6. The smallest absolute Gasteiger partial charge is 0.341 e. The third-order valence-electron chi connectivity index (χ3n) is 4.52. The van der Waals surface area contributed by atoms with E-state index in [-0.39, 0.29) is 18.0 Å². The summed E-state index contributed by atoms with van der Waals surface area (Å²) in [4.78, 5) is 26.4. The molecule has 1 unspecified atom stereocenters. The summed E-state index contributed by atoms with van der Waals surface area (Å²) in [5.74, 6) is 0.159. The lowest BCUT2D eigenvalue weighted by atomic mass is 9.88. The van der Waals surface area contributed by atoms with Crippen LogP contribution in [0.5, 0.6) is 0 Å². The van der Waals surface area contributed by atoms with Crippen molar-refractivity contribution in [2.24, 2.45) is 5.92 Å². The number of carbonyl (C=O) groups is 2. The van der Waals surface area contributed by atoms with Crippen LogP contribution in [-0.2, 0) is 28.8 Å². The molecule has 1 aliphatic rings. The van der Waals surface area contributed by atoms with Crippen LogP contribution < -0.4 is 5.32 Å². The van der Waals surface area contributed by atoms with Crippen molar-refractivity contribution < 1.29 is 14.3 Å². The molecule has 3 rings (SSSR count). The van der Waals surface area contributed by atoms with E-state index >= 15 is 0 Å². The zero-order valence-corrected chi connectivity index (χ0v) is 16.3. The van der Waals surface area contributed by atoms with Crippen molar-refractivity contribution >= 4 is 28.2 Å². The summed E-state index contributed by atoms with van der Waals surface area (Å²) in [6, 6.07) is 9.61. The summed E-state index contributed by atoms with van der Waals surface area (Å²) in [5.41, 5.74) is 2.58. The number of fused-ring (bicyclic) bond motifs is 1. The lowest BCUT2D eigenvalue weighted by Crippen LogP contribution is -2.19. The number of rotatable bonds is 5. The molecule has 0 bridgehead atoms. The lowest BCUT2D eigenvalue weighted by Gasteiger charge is -2.18. The fourth-order valence-corrected chi connectivity index (χ4v) is 4.69. The molecular weight excluding hydrogens is 346 g/mol. The number of benzene rings is 1. The first-order valence-electron chi connectivity index (χ1n) is 9.13. The number of ether oxygens (including phenoxy) is 1. The Bertz CT molecular complexity index is 795. The summed E-state index contributed by atoms with van der Waals surface area (Å²) in [6.07, 6.45) is 2.98. The number of hydrogen-bond acceptors (Lipinski definition) is 4. The molecule has 2 aromatic rings. The molecule has 138 valence electrons. The van der Waals surface area contributed by atoms with Crippen molar-refractivity contribution in [3.05, 3.63) is 51.9 Å². The number of carbonyl (C=O) groups excluding carboxylic acids is 2. The van der Waals surface area contributed by atoms with Crippen LogP contribution >= 0.6 is 11.3 Å². The second-order valence-corrected chi connectivity index (χ2v) is 8.33. The zero-order chi connectivity index (χ0) is 18.7. The highest BCUT2D eigenvalue weighted by Crippen LogP contribution is 2.40. The summed E-state index contributed by atoms with van der Waals surface area (Å²) in [6.45, 7) is 5.90. The molecule has 0 spiro atoms. The van der Waals surface area contributed by atoms with Crippen molar-refractivity contribution in [3.63, 3.8) is 0 Å². The highest BCUT2D eigenvalue weighted by atomic mass is 32.1. The van der Waals surface area contributed by atoms with Gasteiger partial charge in [0.2, 0.25) is 5.91 Å². The van der Waals surface area contributed by atoms with Crippen molar-refractivity contribution in [2.75, 3.05) is 5.32 Å². The summed E-state index contributed by atoms with van der Waals surface area (Å²) >= 11 is 1.53. The minimum Gasteiger partial charge on any atom is -0.459 e. The molecule has 1 aromatic carbocycles. The van der Waals surface area contributed by atoms with E-state index in [4.69, 9.17) is 4.74 Å². The average molecular weight is 372 g/mol. The number of anilines is 1. The Morgan fingerprint density at radius 3 is 2.69 bits per heavy atom. The van der Waals surface area contributed by atoms with Crippen LogP contribution in [0.25, 0.3) is 0 Å². The van der Waals surface area contributed by atoms with Gasteiger partial charge in [0.1, 0.15) is 5.00 Å². The zero-order valence-electron chi connectivity index (χ0n) is 15.5. The van der Waals surface area contributed by atoms with Crippen LogP contribution in [0.3, 0.4) is 0 Å². The van der Waals surface area contributed by atoms with Gasteiger partial charge in [0.25, 0.3) is 0 Å². The monoisotopic (exact) mass is 371 g/mol. The van der Waals surface area contributed by atoms with Gasteiger partial charge in [0.15, 0.2) is 0 Å². The van der Waals surface area contributed by atoms with Crippen LogP contribution in [0.2, 0.25) is 0 Å². The lowest BCUT2D eigenvalue weighted by molar-refractivity contribution is -0.115. The third kappa shape index (κ3) is 4.33. The molecule has 0 aliphatic heterocycles. The van der Waals surface area contributed by atoms with Crippen LogP contribution in [-0.4, -0.2) is 18.0 Å². The number of thiophene rings is 1. The van der Waals surface area contributed by atoms with E-state index in [1.165, 1.54) is 16.2 Å². The Hall–Kier alpha value is -2.14. The van der Waals surface area contributed by atoms with Gasteiger partial charge in [0, 0.05) is 4.88 Å². The number of esters is 1. The molecule has 1 aliphatic carbocycles. The second-order valence-electron chi connectivity index (χ2n) is 7.22. The summed E-state index contributed by atoms with van der Waals surface area (Å²) < 4.78 is 5.44. The van der Waals surface area contributed by atoms with Gasteiger partial charge in [0.05, 0.1) is 18.1 Å².